The van der Waals surface area contributed by atoms with Crippen LogP contribution in [0.5, 0.6) is 0 Å². The predicted molar refractivity (Wildman–Crippen MR) is 121 cm³/mol. The molecule has 1 unspecified atom stereocenters. The molecule has 0 aromatic rings. The smallest absolute Gasteiger partial charge is 0.410 e. The van der Waals surface area contributed by atoms with Gasteiger partial charge in [-0.2, -0.15) is 0 Å². The van der Waals surface area contributed by atoms with E-state index in [0.29, 0.717) is 5.92 Å². The summed E-state index contributed by atoms with van der Waals surface area (Å²) in [6, 6.07) is 0. The fourth-order valence-corrected chi connectivity index (χ4v) is 2.87. The van der Waals surface area contributed by atoms with E-state index in [1.54, 1.807) is 7.05 Å². The number of guanidine groups is 1. The Kier molecular flexibility index (Phi) is 13.9. The van der Waals surface area contributed by atoms with Gasteiger partial charge in [-0.25, -0.2) is 4.79 Å². The maximum atomic E-state index is 12.2. The number of carbonyl (C=O) groups excluding carboxylic acids is 1. The summed E-state index contributed by atoms with van der Waals surface area (Å²) < 4.78 is 10.8. The number of amides is 1. The molecule has 160 valence electrons. The van der Waals surface area contributed by atoms with Crippen molar-refractivity contribution in [1.82, 2.24) is 15.5 Å². The predicted octanol–water partition coefficient (Wildman–Crippen LogP) is 3.23. The summed E-state index contributed by atoms with van der Waals surface area (Å²) in [5.41, 5.74) is -0.448. The molecule has 1 amide bonds. The first-order valence-electron chi connectivity index (χ1n) is 9.86. The van der Waals surface area contributed by atoms with Crippen LogP contribution in [0.2, 0.25) is 0 Å². The number of rotatable bonds is 8. The Morgan fingerprint density at radius 3 is 2.63 bits per heavy atom. The number of hydrogen-bond donors (Lipinski definition) is 2. The second kappa shape index (κ2) is 14.3. The van der Waals surface area contributed by atoms with E-state index in [0.717, 1.165) is 71.0 Å². The number of piperidine rings is 1. The van der Waals surface area contributed by atoms with Gasteiger partial charge in [0.25, 0.3) is 0 Å². The quantitative estimate of drug-likeness (QED) is 0.233. The summed E-state index contributed by atoms with van der Waals surface area (Å²) in [6.45, 7) is 12.5. The number of halogens is 1. The zero-order valence-electron chi connectivity index (χ0n) is 17.7. The lowest BCUT2D eigenvalue weighted by Gasteiger charge is -2.34. The lowest BCUT2D eigenvalue weighted by molar-refractivity contribution is 0.0168. The molecule has 1 aliphatic heterocycles. The second-order valence-corrected chi connectivity index (χ2v) is 7.72. The van der Waals surface area contributed by atoms with Crippen molar-refractivity contribution in [3.8, 4) is 0 Å². The van der Waals surface area contributed by atoms with Crippen molar-refractivity contribution in [3.63, 3.8) is 0 Å². The highest BCUT2D eigenvalue weighted by molar-refractivity contribution is 14.0. The van der Waals surface area contributed by atoms with Crippen LogP contribution in [0.15, 0.2) is 4.99 Å². The average Bonchev–Trinajstić information content (AvgIpc) is 2.59. The van der Waals surface area contributed by atoms with Crippen LogP contribution < -0.4 is 10.6 Å². The molecular weight excluding hydrogens is 459 g/mol. The summed E-state index contributed by atoms with van der Waals surface area (Å²) >= 11 is 0. The number of hydrogen-bond acceptors (Lipinski definition) is 4. The Balaban J connectivity index is 0.00000676. The van der Waals surface area contributed by atoms with E-state index >= 15 is 0 Å². The normalized spacial score (nSPS) is 17.9. The first-order valence-corrected chi connectivity index (χ1v) is 9.86. The minimum absolute atomic E-state index is 0. The van der Waals surface area contributed by atoms with Crippen molar-refractivity contribution in [2.75, 3.05) is 46.4 Å². The fraction of sp³-hybridized carbons (Fsp3) is 0.895. The Labute approximate surface area is 182 Å². The van der Waals surface area contributed by atoms with E-state index in [1.807, 2.05) is 32.6 Å². The van der Waals surface area contributed by atoms with Gasteiger partial charge in [0.2, 0.25) is 0 Å². The summed E-state index contributed by atoms with van der Waals surface area (Å²) in [4.78, 5) is 18.3. The second-order valence-electron chi connectivity index (χ2n) is 7.72. The van der Waals surface area contributed by atoms with Crippen LogP contribution in [0.4, 0.5) is 4.79 Å². The summed E-state index contributed by atoms with van der Waals surface area (Å²) in [7, 11) is 1.78. The van der Waals surface area contributed by atoms with Gasteiger partial charge in [0.15, 0.2) is 5.96 Å². The standard InChI is InChI=1S/C19H38N4O3.HI/c1-6-25-13-8-7-11-21-17(20-5)22-14-16-10-9-12-23(15-16)18(24)26-19(2,3)4;/h16H,6-15H2,1-5H3,(H2,20,21,22);1H. The van der Waals surface area contributed by atoms with Gasteiger partial charge in [-0.3, -0.25) is 4.99 Å². The molecule has 0 radical (unpaired) electrons. The molecule has 8 heteroatoms. The summed E-state index contributed by atoms with van der Waals surface area (Å²) in [5, 5.41) is 6.71. The zero-order chi connectivity index (χ0) is 19.4. The summed E-state index contributed by atoms with van der Waals surface area (Å²) in [6.07, 6.45) is 4.01. The Morgan fingerprint density at radius 1 is 1.26 bits per heavy atom. The maximum absolute atomic E-state index is 12.2. The van der Waals surface area contributed by atoms with E-state index in [2.05, 4.69) is 15.6 Å². The van der Waals surface area contributed by atoms with Crippen LogP contribution in [0.1, 0.15) is 53.4 Å². The monoisotopic (exact) mass is 498 g/mol. The van der Waals surface area contributed by atoms with Crippen LogP contribution >= 0.6 is 24.0 Å². The molecule has 27 heavy (non-hydrogen) atoms. The zero-order valence-corrected chi connectivity index (χ0v) is 20.0. The molecule has 1 heterocycles. The Bertz CT molecular complexity index is 441. The molecule has 2 N–H and O–H groups in total. The Morgan fingerprint density at radius 2 is 2.00 bits per heavy atom. The highest BCUT2D eigenvalue weighted by atomic mass is 127. The fourth-order valence-electron chi connectivity index (χ4n) is 2.87. The molecule has 1 aliphatic rings. The van der Waals surface area contributed by atoms with E-state index in [4.69, 9.17) is 9.47 Å². The molecule has 0 aromatic heterocycles. The van der Waals surface area contributed by atoms with Crippen LogP contribution in [-0.4, -0.2) is 69.0 Å². The SMILES string of the molecule is CCOCCCCNC(=NC)NCC1CCCN(C(=O)OC(C)(C)C)C1.I. The van der Waals surface area contributed by atoms with Gasteiger partial charge in [0.1, 0.15) is 5.60 Å². The van der Waals surface area contributed by atoms with Gasteiger partial charge in [-0.15, -0.1) is 24.0 Å². The number of carbonyl (C=O) groups is 1. The number of nitrogens with one attached hydrogen (secondary N) is 2. The highest BCUT2D eigenvalue weighted by Gasteiger charge is 2.27. The van der Waals surface area contributed by atoms with Crippen molar-refractivity contribution < 1.29 is 14.3 Å². The van der Waals surface area contributed by atoms with Crippen LogP contribution in [0, 0.1) is 5.92 Å². The molecule has 0 bridgehead atoms. The van der Waals surface area contributed by atoms with Crippen molar-refractivity contribution in [2.45, 2.75) is 59.0 Å². The van der Waals surface area contributed by atoms with E-state index in [-0.39, 0.29) is 30.1 Å². The summed E-state index contributed by atoms with van der Waals surface area (Å²) in [5.74, 6) is 1.23. The number of ether oxygens (including phenoxy) is 2. The lowest BCUT2D eigenvalue weighted by atomic mass is 9.98. The molecule has 0 spiro atoms. The number of likely N-dealkylation sites (tertiary alicyclic amines) is 1. The first-order chi connectivity index (χ1) is 12.4. The average molecular weight is 498 g/mol. The van der Waals surface area contributed by atoms with Gasteiger partial charge in [0, 0.05) is 46.4 Å². The molecule has 0 aliphatic carbocycles. The van der Waals surface area contributed by atoms with E-state index in [9.17, 15) is 4.79 Å². The molecule has 0 aromatic carbocycles. The van der Waals surface area contributed by atoms with Gasteiger partial charge >= 0.3 is 6.09 Å². The van der Waals surface area contributed by atoms with Crippen molar-refractivity contribution in [1.29, 1.82) is 0 Å². The Hall–Kier alpha value is -0.770. The molecule has 1 rings (SSSR count). The van der Waals surface area contributed by atoms with Gasteiger partial charge in [0.05, 0.1) is 0 Å². The highest BCUT2D eigenvalue weighted by Crippen LogP contribution is 2.18. The minimum Gasteiger partial charge on any atom is -0.444 e. The van der Waals surface area contributed by atoms with Gasteiger partial charge < -0.3 is 25.0 Å². The first kappa shape index (κ1) is 26.2. The van der Waals surface area contributed by atoms with Gasteiger partial charge in [-0.1, -0.05) is 0 Å². The molecular formula is C19H39IN4O3. The number of unbranched alkanes of at least 4 members (excludes halogenated alkanes) is 1. The molecule has 1 fully saturated rings. The van der Waals surface area contributed by atoms with Gasteiger partial charge in [-0.05, 0) is 59.3 Å². The van der Waals surface area contributed by atoms with E-state index in [1.165, 1.54) is 0 Å². The molecule has 0 saturated carbocycles. The topological polar surface area (TPSA) is 75.2 Å². The van der Waals surface area contributed by atoms with Crippen LogP contribution in [-0.2, 0) is 9.47 Å². The molecule has 1 saturated heterocycles. The minimum atomic E-state index is -0.448. The third kappa shape index (κ3) is 12.3. The number of aliphatic imine (C=N–C) groups is 1. The molecule has 7 nitrogen and oxygen atoms in total. The largest absolute Gasteiger partial charge is 0.444 e. The third-order valence-corrected chi connectivity index (χ3v) is 4.16. The molecule has 1 atom stereocenters. The third-order valence-electron chi connectivity index (χ3n) is 4.16. The lowest BCUT2D eigenvalue weighted by Crippen LogP contribution is -2.47. The van der Waals surface area contributed by atoms with Crippen LogP contribution in [0.25, 0.3) is 0 Å². The number of nitrogens with zero attached hydrogens (tertiary/aromatic N) is 2. The van der Waals surface area contributed by atoms with Crippen molar-refractivity contribution in [2.24, 2.45) is 10.9 Å². The van der Waals surface area contributed by atoms with E-state index < -0.39 is 5.60 Å². The van der Waals surface area contributed by atoms with Crippen molar-refractivity contribution >= 4 is 36.0 Å². The van der Waals surface area contributed by atoms with Crippen molar-refractivity contribution in [3.05, 3.63) is 0 Å². The van der Waals surface area contributed by atoms with Crippen LogP contribution in [0.3, 0.4) is 0 Å². The maximum Gasteiger partial charge on any atom is 0.410 e.